The standard InChI is InChI=1S/C66H72N8O20/c1-7-11-43-27-51(59(75)55(31-43)83-3)39-71-91-23-19-87-67-35-47-15-17-49(65(81)63(47)79)37-69-89-21-25-93-73-41-53-29-45(33-57(85-5)61(53)77)13-9-10-14-46-30-54(62(78)58(34-46)86-6)42-74-94-26-22-90-70-38-50-18-16-48(64(80)66(50)82)36-68-88-20-24-92-72-40-52-28-44(12-8-2)32-56(84-4)60(52)76/h7-10,15-18,27-42,75-82H,1-2,11-14,19-26H2,3-6H3/b10-9+,67-35+,68-36+,69-37+,70-38+,71-39+,72-40+,73-41+,74-42+. The zero-order valence-corrected chi connectivity index (χ0v) is 51.8. The highest BCUT2D eigenvalue weighted by molar-refractivity contribution is 5.92. The normalized spacial score (nSPS) is 11.7. The van der Waals surface area contributed by atoms with Gasteiger partial charge in [0.2, 0.25) is 0 Å². The van der Waals surface area contributed by atoms with Gasteiger partial charge in [-0.05, 0) is 121 Å². The van der Waals surface area contributed by atoms with E-state index >= 15 is 0 Å². The first-order valence-electron chi connectivity index (χ1n) is 28.5. The number of oxime groups is 8. The number of hydrogen-bond donors (Lipinski definition) is 8. The first kappa shape index (κ1) is 71.0. The van der Waals surface area contributed by atoms with Crippen molar-refractivity contribution in [1.29, 1.82) is 0 Å². The second-order valence-electron chi connectivity index (χ2n) is 19.2. The summed E-state index contributed by atoms with van der Waals surface area (Å²) < 4.78 is 21.2. The predicted molar refractivity (Wildman–Crippen MR) is 351 cm³/mol. The maximum atomic E-state index is 10.8. The molecule has 94 heavy (non-hydrogen) atoms. The van der Waals surface area contributed by atoms with Gasteiger partial charge in [-0.1, -0.05) is 65.5 Å². The Labute approximate surface area is 540 Å². The van der Waals surface area contributed by atoms with Crippen molar-refractivity contribution < 1.29 is 98.5 Å². The number of ether oxygens (including phenoxy) is 4. The Hall–Kier alpha value is -12.1. The SMILES string of the molecule is C=CCc1cc(/C=N/OCCO/N=C/c2ccc(/C=N/OCCO/N=C/c3cc(C/C=C/Cc4cc(/C=N/OCCO/N=C/c5ccc(/C=N/OCCO/N=C/c6cc(CC=C)cc(OC)c6O)c(O)c5O)c(O)c(OC)c4)cc(OC)c3O)c(O)c2O)c(O)c(OC)c1. The zero-order chi connectivity index (χ0) is 67.5. The van der Waals surface area contributed by atoms with Crippen LogP contribution >= 0.6 is 0 Å². The molecule has 0 saturated carbocycles. The number of nitrogens with zero attached hydrogens (tertiary/aromatic N) is 8. The molecule has 28 nitrogen and oxygen atoms in total. The molecule has 6 rings (SSSR count). The van der Waals surface area contributed by atoms with Crippen molar-refractivity contribution in [1.82, 2.24) is 0 Å². The van der Waals surface area contributed by atoms with Crippen LogP contribution in [0.25, 0.3) is 0 Å². The molecule has 0 saturated heterocycles. The molecule has 0 atom stereocenters. The first-order chi connectivity index (χ1) is 45.7. The van der Waals surface area contributed by atoms with E-state index in [1.807, 2.05) is 12.2 Å². The Bertz CT molecular complexity index is 3530. The topological polar surface area (TPSA) is 371 Å². The lowest BCUT2D eigenvalue weighted by atomic mass is 10.0. The van der Waals surface area contributed by atoms with Gasteiger partial charge in [-0.3, -0.25) is 0 Å². The molecule has 0 fully saturated rings. The Morgan fingerprint density at radius 2 is 0.468 bits per heavy atom. The van der Waals surface area contributed by atoms with Crippen LogP contribution < -0.4 is 18.9 Å². The van der Waals surface area contributed by atoms with E-state index in [0.29, 0.717) is 59.4 Å². The average molecular weight is 1300 g/mol. The van der Waals surface area contributed by atoms with Crippen LogP contribution in [0.4, 0.5) is 0 Å². The molecule has 0 amide bonds. The van der Waals surface area contributed by atoms with Crippen LogP contribution in [0, 0.1) is 0 Å². The van der Waals surface area contributed by atoms with Crippen molar-refractivity contribution in [2.45, 2.75) is 25.7 Å². The maximum absolute atomic E-state index is 10.8. The van der Waals surface area contributed by atoms with Gasteiger partial charge in [0, 0.05) is 44.5 Å². The highest BCUT2D eigenvalue weighted by Crippen LogP contribution is 2.36. The second kappa shape index (κ2) is 38.4. The van der Waals surface area contributed by atoms with Gasteiger partial charge in [0.05, 0.1) is 78.2 Å². The number of rotatable bonds is 40. The molecular formula is C66H72N8O20. The van der Waals surface area contributed by atoms with Gasteiger partial charge in [-0.15, -0.1) is 13.2 Å². The summed E-state index contributed by atoms with van der Waals surface area (Å²) in [5.41, 5.74) is 5.34. The molecule has 6 aromatic rings. The summed E-state index contributed by atoms with van der Waals surface area (Å²) in [6.07, 6.45) is 19.4. The van der Waals surface area contributed by atoms with Crippen LogP contribution in [-0.4, -0.2) is 172 Å². The fourth-order valence-corrected chi connectivity index (χ4v) is 8.13. The summed E-state index contributed by atoms with van der Waals surface area (Å²) in [5.74, 6) is -1.36. The Kier molecular flexibility index (Phi) is 29.0. The van der Waals surface area contributed by atoms with E-state index in [1.54, 1.807) is 60.7 Å². The van der Waals surface area contributed by atoms with E-state index in [4.69, 9.17) is 57.6 Å². The van der Waals surface area contributed by atoms with Gasteiger partial charge in [0.1, 0.15) is 0 Å². The lowest BCUT2D eigenvalue weighted by Crippen LogP contribution is -1.99. The monoisotopic (exact) mass is 1300 g/mol. The fraction of sp³-hybridized carbons (Fsp3) is 0.242. The quantitative estimate of drug-likeness (QED) is 0.00585. The third-order valence-corrected chi connectivity index (χ3v) is 12.8. The number of hydrogen-bond acceptors (Lipinski definition) is 28. The molecule has 0 aliphatic carbocycles. The molecule has 0 aromatic heterocycles. The Balaban J connectivity index is 0.872. The Morgan fingerprint density at radius 1 is 0.277 bits per heavy atom. The van der Waals surface area contributed by atoms with Crippen LogP contribution in [0.15, 0.2) is 152 Å². The molecule has 0 spiro atoms. The molecule has 6 aromatic carbocycles. The van der Waals surface area contributed by atoms with E-state index in [0.717, 1.165) is 22.3 Å². The number of phenolic OH excluding ortho intramolecular Hbond substituents is 8. The van der Waals surface area contributed by atoms with Crippen molar-refractivity contribution in [2.75, 3.05) is 81.3 Å². The summed E-state index contributed by atoms with van der Waals surface area (Å²) in [4.78, 5) is 41.7. The predicted octanol–water partition coefficient (Wildman–Crippen LogP) is 8.77. The summed E-state index contributed by atoms with van der Waals surface area (Å²) in [6.45, 7) is 7.29. The average Bonchev–Trinajstić information content (AvgIpc) is 0.995. The van der Waals surface area contributed by atoms with Crippen LogP contribution in [0.1, 0.15) is 66.8 Å². The van der Waals surface area contributed by atoms with Crippen molar-refractivity contribution >= 4 is 49.7 Å². The minimum Gasteiger partial charge on any atom is -0.504 e. The van der Waals surface area contributed by atoms with Gasteiger partial charge in [-0.2, -0.15) is 0 Å². The summed E-state index contributed by atoms with van der Waals surface area (Å²) >= 11 is 0. The third kappa shape index (κ3) is 21.8. The summed E-state index contributed by atoms with van der Waals surface area (Å²) in [5, 5.41) is 115. The number of aromatic hydroxyl groups is 8. The minimum atomic E-state index is -0.476. The minimum absolute atomic E-state index is 0.00346. The van der Waals surface area contributed by atoms with Gasteiger partial charge in [0.25, 0.3) is 0 Å². The molecular weight excluding hydrogens is 1220 g/mol. The summed E-state index contributed by atoms with van der Waals surface area (Å²) in [6, 6.07) is 19.6. The molecule has 0 bridgehead atoms. The lowest BCUT2D eigenvalue weighted by Gasteiger charge is -2.09. The number of benzene rings is 6. The van der Waals surface area contributed by atoms with Crippen molar-refractivity contribution in [2.24, 2.45) is 41.2 Å². The smallest absolute Gasteiger partial charge is 0.167 e. The number of allylic oxidation sites excluding steroid dienone is 4. The largest absolute Gasteiger partial charge is 0.504 e. The molecule has 0 aliphatic heterocycles. The second-order valence-corrected chi connectivity index (χ2v) is 19.2. The number of methoxy groups -OCH3 is 4. The molecule has 0 unspecified atom stereocenters. The highest BCUT2D eigenvalue weighted by Gasteiger charge is 2.15. The van der Waals surface area contributed by atoms with Crippen LogP contribution in [0.5, 0.6) is 69.0 Å². The van der Waals surface area contributed by atoms with E-state index in [2.05, 4.69) is 54.4 Å². The van der Waals surface area contributed by atoms with Crippen LogP contribution in [-0.2, 0) is 64.4 Å². The molecule has 496 valence electrons. The maximum Gasteiger partial charge on any atom is 0.167 e. The van der Waals surface area contributed by atoms with Crippen molar-refractivity contribution in [3.8, 4) is 69.0 Å². The van der Waals surface area contributed by atoms with Crippen LogP contribution in [0.3, 0.4) is 0 Å². The van der Waals surface area contributed by atoms with E-state index in [-0.39, 0.29) is 110 Å². The molecule has 8 N–H and O–H groups in total. The summed E-state index contributed by atoms with van der Waals surface area (Å²) in [7, 11) is 5.74. The number of phenols is 8. The van der Waals surface area contributed by atoms with Crippen molar-refractivity contribution in [3.63, 3.8) is 0 Å². The first-order valence-corrected chi connectivity index (χ1v) is 28.5. The van der Waals surface area contributed by atoms with Crippen LogP contribution in [0.2, 0.25) is 0 Å². The van der Waals surface area contributed by atoms with Crippen molar-refractivity contribution in [3.05, 3.63) is 177 Å². The lowest BCUT2D eigenvalue weighted by molar-refractivity contribution is 0.0552. The van der Waals surface area contributed by atoms with E-state index in [9.17, 15) is 40.9 Å². The van der Waals surface area contributed by atoms with Gasteiger partial charge in [-0.25, -0.2) is 0 Å². The van der Waals surface area contributed by atoms with Gasteiger partial charge < -0.3 is 98.5 Å². The highest BCUT2D eigenvalue weighted by atomic mass is 16.7. The zero-order valence-electron chi connectivity index (χ0n) is 51.8. The Morgan fingerprint density at radius 3 is 0.660 bits per heavy atom. The van der Waals surface area contributed by atoms with Gasteiger partial charge in [0.15, 0.2) is 122 Å². The van der Waals surface area contributed by atoms with E-state index < -0.39 is 23.0 Å². The van der Waals surface area contributed by atoms with E-state index in [1.165, 1.54) is 102 Å². The third-order valence-electron chi connectivity index (χ3n) is 12.8. The molecule has 0 aliphatic rings. The fourth-order valence-electron chi connectivity index (χ4n) is 8.13. The molecule has 28 heteroatoms. The molecule has 0 heterocycles. The molecule has 0 radical (unpaired) electrons. The van der Waals surface area contributed by atoms with Gasteiger partial charge >= 0.3 is 0 Å².